The second-order valence-corrected chi connectivity index (χ2v) is 6.75. The zero-order valence-corrected chi connectivity index (χ0v) is 14.5. The Kier molecular flexibility index (Phi) is 4.85. The van der Waals surface area contributed by atoms with Crippen LogP contribution in [0.25, 0.3) is 11.4 Å². The number of nitrogens with zero attached hydrogens (tertiary/aromatic N) is 2. The van der Waals surface area contributed by atoms with Crippen LogP contribution >= 0.6 is 15.9 Å². The molecule has 1 aromatic heterocycles. The molecule has 0 radical (unpaired) electrons. The summed E-state index contributed by atoms with van der Waals surface area (Å²) in [7, 11) is 0. The number of carbonyl (C=O) groups excluding carboxylic acids is 1. The van der Waals surface area contributed by atoms with Crippen LogP contribution in [0.4, 0.5) is 4.79 Å². The molecule has 0 bridgehead atoms. The van der Waals surface area contributed by atoms with E-state index in [0.717, 1.165) is 10.0 Å². The molecule has 118 valence electrons. The SMILES string of the molecule is CC(NC(=O)OC(C)(C)C)c1nc(-c2cccc(Br)c2)no1. The summed E-state index contributed by atoms with van der Waals surface area (Å²) in [6.45, 7) is 7.15. The largest absolute Gasteiger partial charge is 0.444 e. The molecular weight excluding hydrogens is 350 g/mol. The first-order chi connectivity index (χ1) is 10.2. The molecule has 1 N–H and O–H groups in total. The van der Waals surface area contributed by atoms with Gasteiger partial charge in [-0.25, -0.2) is 4.79 Å². The van der Waals surface area contributed by atoms with Gasteiger partial charge in [-0.1, -0.05) is 33.2 Å². The number of amides is 1. The molecule has 1 aromatic carbocycles. The molecule has 0 aliphatic rings. The minimum atomic E-state index is -0.555. The Hall–Kier alpha value is -1.89. The van der Waals surface area contributed by atoms with Gasteiger partial charge < -0.3 is 14.6 Å². The van der Waals surface area contributed by atoms with Gasteiger partial charge in [0.15, 0.2) is 0 Å². The third-order valence-corrected chi connectivity index (χ3v) is 3.12. The van der Waals surface area contributed by atoms with E-state index < -0.39 is 17.7 Å². The molecule has 1 amide bonds. The molecule has 2 rings (SSSR count). The van der Waals surface area contributed by atoms with E-state index in [1.54, 1.807) is 27.7 Å². The van der Waals surface area contributed by atoms with Gasteiger partial charge in [-0.2, -0.15) is 4.98 Å². The van der Waals surface area contributed by atoms with Crippen LogP contribution in [0.1, 0.15) is 39.6 Å². The van der Waals surface area contributed by atoms with Crippen LogP contribution in [0.2, 0.25) is 0 Å². The lowest BCUT2D eigenvalue weighted by Gasteiger charge is -2.20. The Morgan fingerprint density at radius 2 is 2.14 bits per heavy atom. The third-order valence-electron chi connectivity index (χ3n) is 2.63. The van der Waals surface area contributed by atoms with Crippen molar-refractivity contribution in [3.05, 3.63) is 34.6 Å². The minimum absolute atomic E-state index is 0.320. The summed E-state index contributed by atoms with van der Waals surface area (Å²) in [6.07, 6.45) is -0.526. The lowest BCUT2D eigenvalue weighted by atomic mass is 10.2. The van der Waals surface area contributed by atoms with Gasteiger partial charge in [0.05, 0.1) is 0 Å². The van der Waals surface area contributed by atoms with Crippen molar-refractivity contribution < 1.29 is 14.1 Å². The molecule has 1 unspecified atom stereocenters. The van der Waals surface area contributed by atoms with Gasteiger partial charge >= 0.3 is 6.09 Å². The summed E-state index contributed by atoms with van der Waals surface area (Å²) >= 11 is 3.40. The van der Waals surface area contributed by atoms with E-state index in [0.29, 0.717) is 11.7 Å². The standard InChI is InChI=1S/C15H18BrN3O3/c1-9(17-14(20)21-15(2,3)4)13-18-12(19-22-13)10-6-5-7-11(16)8-10/h5-9H,1-4H3,(H,17,20). The van der Waals surface area contributed by atoms with Gasteiger partial charge in [0, 0.05) is 10.0 Å². The summed E-state index contributed by atoms with van der Waals surface area (Å²) in [4.78, 5) is 16.0. The van der Waals surface area contributed by atoms with Gasteiger partial charge in [-0.15, -0.1) is 0 Å². The van der Waals surface area contributed by atoms with E-state index >= 15 is 0 Å². The number of hydrogen-bond donors (Lipinski definition) is 1. The molecular formula is C15H18BrN3O3. The topological polar surface area (TPSA) is 77.2 Å². The lowest BCUT2D eigenvalue weighted by molar-refractivity contribution is 0.0499. The van der Waals surface area contributed by atoms with Gasteiger partial charge in [-0.05, 0) is 39.8 Å². The van der Waals surface area contributed by atoms with Crippen molar-refractivity contribution in [2.75, 3.05) is 0 Å². The molecule has 0 saturated carbocycles. The summed E-state index contributed by atoms with van der Waals surface area (Å²) in [5, 5.41) is 6.59. The van der Waals surface area contributed by atoms with E-state index in [-0.39, 0.29) is 0 Å². The van der Waals surface area contributed by atoms with Crippen molar-refractivity contribution >= 4 is 22.0 Å². The van der Waals surface area contributed by atoms with E-state index in [2.05, 4.69) is 31.4 Å². The zero-order valence-electron chi connectivity index (χ0n) is 12.9. The maximum atomic E-state index is 11.7. The molecule has 22 heavy (non-hydrogen) atoms. The van der Waals surface area contributed by atoms with Gasteiger partial charge in [0.2, 0.25) is 11.7 Å². The molecule has 2 aromatic rings. The number of nitrogens with one attached hydrogen (secondary N) is 1. The monoisotopic (exact) mass is 367 g/mol. The molecule has 0 saturated heterocycles. The number of carbonyl (C=O) groups is 1. The number of ether oxygens (including phenoxy) is 1. The van der Waals surface area contributed by atoms with Gasteiger partial charge in [-0.3, -0.25) is 0 Å². The van der Waals surface area contributed by atoms with Crippen molar-refractivity contribution in [1.82, 2.24) is 15.5 Å². The lowest BCUT2D eigenvalue weighted by Crippen LogP contribution is -2.34. The Labute approximate surface area is 137 Å². The number of alkyl carbamates (subject to hydrolysis) is 1. The summed E-state index contributed by atoms with van der Waals surface area (Å²) < 4.78 is 11.3. The van der Waals surface area contributed by atoms with Crippen LogP contribution < -0.4 is 5.32 Å². The van der Waals surface area contributed by atoms with Crippen LogP contribution in [-0.4, -0.2) is 21.8 Å². The zero-order chi connectivity index (χ0) is 16.3. The fourth-order valence-corrected chi connectivity index (χ4v) is 2.10. The molecule has 0 aliphatic carbocycles. The average Bonchev–Trinajstić information content (AvgIpc) is 2.85. The first kappa shape index (κ1) is 16.5. The smallest absolute Gasteiger partial charge is 0.408 e. The minimum Gasteiger partial charge on any atom is -0.444 e. The number of rotatable bonds is 3. The molecule has 0 fully saturated rings. The maximum absolute atomic E-state index is 11.7. The summed E-state index contributed by atoms with van der Waals surface area (Å²) in [5.74, 6) is 0.787. The Morgan fingerprint density at radius 3 is 2.77 bits per heavy atom. The summed E-state index contributed by atoms with van der Waals surface area (Å²) in [6, 6.07) is 7.13. The molecule has 1 heterocycles. The second kappa shape index (κ2) is 6.48. The van der Waals surface area contributed by atoms with E-state index in [1.807, 2.05) is 24.3 Å². The third kappa shape index (κ3) is 4.56. The van der Waals surface area contributed by atoms with Crippen LogP contribution in [0.3, 0.4) is 0 Å². The van der Waals surface area contributed by atoms with Gasteiger partial charge in [0.25, 0.3) is 0 Å². The molecule has 1 atom stereocenters. The highest BCUT2D eigenvalue weighted by Gasteiger charge is 2.21. The van der Waals surface area contributed by atoms with E-state index in [9.17, 15) is 4.79 Å². The van der Waals surface area contributed by atoms with Crippen LogP contribution in [0, 0.1) is 0 Å². The van der Waals surface area contributed by atoms with E-state index in [4.69, 9.17) is 9.26 Å². The number of halogens is 1. The fraction of sp³-hybridized carbons (Fsp3) is 0.400. The Morgan fingerprint density at radius 1 is 1.41 bits per heavy atom. The van der Waals surface area contributed by atoms with E-state index in [1.165, 1.54) is 0 Å². The number of hydrogen-bond acceptors (Lipinski definition) is 5. The predicted molar refractivity (Wildman–Crippen MR) is 85.2 cm³/mol. The quantitative estimate of drug-likeness (QED) is 0.883. The van der Waals surface area contributed by atoms with Crippen LogP contribution in [0.5, 0.6) is 0 Å². The highest BCUT2D eigenvalue weighted by atomic mass is 79.9. The number of aromatic nitrogens is 2. The predicted octanol–water partition coefficient (Wildman–Crippen LogP) is 4.08. The average molecular weight is 368 g/mol. The Bertz CT molecular complexity index is 664. The number of benzene rings is 1. The van der Waals surface area contributed by atoms with Crippen molar-refractivity contribution in [1.29, 1.82) is 0 Å². The first-order valence-corrected chi connectivity index (χ1v) is 7.63. The highest BCUT2D eigenvalue weighted by molar-refractivity contribution is 9.10. The van der Waals surface area contributed by atoms with Crippen molar-refractivity contribution in [2.45, 2.75) is 39.3 Å². The van der Waals surface area contributed by atoms with Crippen molar-refractivity contribution in [3.63, 3.8) is 0 Å². The highest BCUT2D eigenvalue weighted by Crippen LogP contribution is 2.22. The second-order valence-electron chi connectivity index (χ2n) is 5.83. The molecule has 6 nitrogen and oxygen atoms in total. The van der Waals surface area contributed by atoms with Crippen molar-refractivity contribution in [3.8, 4) is 11.4 Å². The fourth-order valence-electron chi connectivity index (χ4n) is 1.70. The summed E-state index contributed by atoms with van der Waals surface area (Å²) in [5.41, 5.74) is 0.272. The maximum Gasteiger partial charge on any atom is 0.408 e. The first-order valence-electron chi connectivity index (χ1n) is 6.83. The Balaban J connectivity index is 2.06. The molecule has 7 heteroatoms. The van der Waals surface area contributed by atoms with Crippen molar-refractivity contribution in [2.24, 2.45) is 0 Å². The normalized spacial score (nSPS) is 12.8. The van der Waals surface area contributed by atoms with Crippen LogP contribution in [0.15, 0.2) is 33.3 Å². The van der Waals surface area contributed by atoms with Gasteiger partial charge in [0.1, 0.15) is 11.6 Å². The molecule has 0 spiro atoms. The van der Waals surface area contributed by atoms with Crippen LogP contribution in [-0.2, 0) is 4.74 Å². The molecule has 0 aliphatic heterocycles.